The van der Waals surface area contributed by atoms with Crippen molar-refractivity contribution in [2.75, 3.05) is 0 Å². The van der Waals surface area contributed by atoms with E-state index in [4.69, 9.17) is 11.6 Å². The lowest BCUT2D eigenvalue weighted by Crippen LogP contribution is -2.54. The summed E-state index contributed by atoms with van der Waals surface area (Å²) < 4.78 is 0. The van der Waals surface area contributed by atoms with Gasteiger partial charge >= 0.3 is 0 Å². The van der Waals surface area contributed by atoms with Crippen molar-refractivity contribution in [3.63, 3.8) is 0 Å². The summed E-state index contributed by atoms with van der Waals surface area (Å²) in [7, 11) is 0. The van der Waals surface area contributed by atoms with Gasteiger partial charge in [0, 0.05) is 11.6 Å². The highest BCUT2D eigenvalue weighted by Crippen LogP contribution is 2.98. The fourth-order valence-corrected chi connectivity index (χ4v) is 12.8. The Morgan fingerprint density at radius 2 is 1.73 bits per heavy atom. The SMILES string of the molecule is C=CC(C/C(C)=C(/C)C(=C)C)C(C)C1CCC2C3CC4C5C6C=C(C(=C)N=C/C(=C\C)CC(C)C)C(=C)C(C)(C3CCC12C)C645. The van der Waals surface area contributed by atoms with Gasteiger partial charge in [0.25, 0.3) is 0 Å². The molecule has 5 fully saturated rings. The number of hydrogen-bond donors (Lipinski definition) is 0. The van der Waals surface area contributed by atoms with Gasteiger partial charge in [0.2, 0.25) is 0 Å². The van der Waals surface area contributed by atoms with Crippen molar-refractivity contribution >= 4 is 6.21 Å². The molecule has 0 aliphatic heterocycles. The molecule has 0 radical (unpaired) electrons. The van der Waals surface area contributed by atoms with Crippen LogP contribution in [0.4, 0.5) is 0 Å². The van der Waals surface area contributed by atoms with Gasteiger partial charge in [-0.15, -0.1) is 6.58 Å². The van der Waals surface area contributed by atoms with E-state index in [1.807, 2.05) is 0 Å². The van der Waals surface area contributed by atoms with E-state index in [2.05, 4.69) is 106 Å². The molecular formula is C44H63N. The second-order valence-corrected chi connectivity index (χ2v) is 17.5. The van der Waals surface area contributed by atoms with Gasteiger partial charge in [-0.1, -0.05) is 83.7 Å². The summed E-state index contributed by atoms with van der Waals surface area (Å²) in [6.45, 7) is 39.4. The van der Waals surface area contributed by atoms with Crippen molar-refractivity contribution < 1.29 is 0 Å². The lowest BCUT2D eigenvalue weighted by molar-refractivity contribution is -0.0913. The van der Waals surface area contributed by atoms with Crippen molar-refractivity contribution in [3.05, 3.63) is 83.7 Å². The second kappa shape index (κ2) is 11.2. The Morgan fingerprint density at radius 1 is 1.02 bits per heavy atom. The topological polar surface area (TPSA) is 12.4 Å². The van der Waals surface area contributed by atoms with Crippen LogP contribution in [-0.4, -0.2) is 6.21 Å². The first-order valence-corrected chi connectivity index (χ1v) is 18.4. The third kappa shape index (κ3) is 4.55. The molecule has 0 bridgehead atoms. The summed E-state index contributed by atoms with van der Waals surface area (Å²) in [5.41, 5.74) is 10.1. The first-order chi connectivity index (χ1) is 21.2. The third-order valence-corrected chi connectivity index (χ3v) is 15.4. The van der Waals surface area contributed by atoms with Crippen LogP contribution in [0.1, 0.15) is 107 Å². The predicted molar refractivity (Wildman–Crippen MR) is 195 cm³/mol. The minimum absolute atomic E-state index is 0.191. The number of hydrogen-bond acceptors (Lipinski definition) is 1. The van der Waals surface area contributed by atoms with Crippen LogP contribution in [0.15, 0.2) is 88.7 Å². The van der Waals surface area contributed by atoms with E-state index in [1.165, 1.54) is 65.5 Å². The minimum atomic E-state index is 0.191. The van der Waals surface area contributed by atoms with Gasteiger partial charge in [-0.3, -0.25) is 4.99 Å². The second-order valence-electron chi connectivity index (χ2n) is 17.5. The minimum Gasteiger partial charge on any atom is -0.257 e. The van der Waals surface area contributed by atoms with Crippen LogP contribution in [0.2, 0.25) is 0 Å². The summed E-state index contributed by atoms with van der Waals surface area (Å²) in [4.78, 5) is 4.98. The Bertz CT molecular complexity index is 1430. The molecule has 0 heterocycles. The van der Waals surface area contributed by atoms with E-state index < -0.39 is 0 Å². The average Bonchev–Trinajstić information content (AvgIpc) is 3.83. The van der Waals surface area contributed by atoms with Gasteiger partial charge in [0.15, 0.2) is 0 Å². The molecule has 0 saturated heterocycles. The quantitative estimate of drug-likeness (QED) is 0.126. The molecule has 0 aromatic carbocycles. The largest absolute Gasteiger partial charge is 0.257 e. The first-order valence-electron chi connectivity index (χ1n) is 18.4. The first kappa shape index (κ1) is 32.8. The van der Waals surface area contributed by atoms with Gasteiger partial charge in [0.1, 0.15) is 0 Å². The maximum atomic E-state index is 4.98. The molecule has 1 heteroatoms. The van der Waals surface area contributed by atoms with Crippen LogP contribution in [0.25, 0.3) is 0 Å². The Morgan fingerprint density at radius 3 is 2.36 bits per heavy atom. The molecule has 5 saturated carbocycles. The van der Waals surface area contributed by atoms with Crippen LogP contribution in [-0.2, 0) is 0 Å². The van der Waals surface area contributed by atoms with E-state index in [-0.39, 0.29) is 5.41 Å². The smallest absolute Gasteiger partial charge is 0.0630 e. The van der Waals surface area contributed by atoms with Gasteiger partial charge in [-0.05, 0) is 165 Å². The molecule has 6 rings (SSSR count). The van der Waals surface area contributed by atoms with Crippen LogP contribution < -0.4 is 0 Å². The van der Waals surface area contributed by atoms with Gasteiger partial charge in [0.05, 0.1) is 5.70 Å². The molecule has 0 N–H and O–H groups in total. The molecule has 45 heavy (non-hydrogen) atoms. The molecule has 6 aliphatic carbocycles. The molecule has 0 aromatic heterocycles. The van der Waals surface area contributed by atoms with Crippen LogP contribution in [0, 0.1) is 75.4 Å². The van der Waals surface area contributed by atoms with Crippen LogP contribution in [0.5, 0.6) is 0 Å². The molecule has 244 valence electrons. The molecule has 0 aromatic rings. The van der Waals surface area contributed by atoms with Crippen LogP contribution >= 0.6 is 0 Å². The Hall–Kier alpha value is -2.15. The van der Waals surface area contributed by atoms with E-state index >= 15 is 0 Å². The van der Waals surface area contributed by atoms with Crippen molar-refractivity contribution in [1.29, 1.82) is 0 Å². The highest BCUT2D eigenvalue weighted by atomic mass is 15.0. The number of nitrogens with zero attached hydrogens (tertiary/aromatic N) is 1. The lowest BCUT2D eigenvalue weighted by atomic mass is 9.43. The Labute approximate surface area is 276 Å². The summed E-state index contributed by atoms with van der Waals surface area (Å²) in [6, 6.07) is 0. The summed E-state index contributed by atoms with van der Waals surface area (Å²) in [5.74, 6) is 7.53. The third-order valence-electron chi connectivity index (χ3n) is 15.4. The normalized spacial score (nSPS) is 43.0. The standard InChI is InChI=1S/C44H63N/c1-14-32(20-25(3)4)24-45-31(11)34-22-39-41-40-23-35-37-17-16-36(29(9)33(15-2)21-27(7)28(8)26(5)6)42(37,12)19-18-38(35)43(13,30(34)10)44(39,40)41/h14-15,22,24-25,29,33,35-41H,2,5,10-11,16-21,23H2,1,3-4,6-9,12-13H3/b28-27-,32-14-,45-24?. The van der Waals surface area contributed by atoms with Gasteiger partial charge in [-0.2, -0.15) is 0 Å². The molecule has 1 spiro atoms. The van der Waals surface area contributed by atoms with Crippen molar-refractivity contribution in [2.45, 2.75) is 107 Å². The van der Waals surface area contributed by atoms with Crippen molar-refractivity contribution in [1.82, 2.24) is 0 Å². The van der Waals surface area contributed by atoms with E-state index in [0.717, 1.165) is 60.0 Å². The zero-order chi connectivity index (χ0) is 32.8. The Kier molecular flexibility index (Phi) is 8.18. The van der Waals surface area contributed by atoms with Crippen molar-refractivity contribution in [2.24, 2.45) is 80.4 Å². The summed E-state index contributed by atoms with van der Waals surface area (Å²) in [6.07, 6.45) is 18.3. The molecule has 6 aliphatic rings. The lowest BCUT2D eigenvalue weighted by Gasteiger charge is -2.61. The summed E-state index contributed by atoms with van der Waals surface area (Å²) >= 11 is 0. The number of fused-ring (bicyclic) bond motifs is 6. The molecular weight excluding hydrogens is 542 g/mol. The maximum absolute atomic E-state index is 4.98. The van der Waals surface area contributed by atoms with E-state index in [1.54, 1.807) is 0 Å². The van der Waals surface area contributed by atoms with E-state index in [0.29, 0.717) is 28.6 Å². The fourth-order valence-electron chi connectivity index (χ4n) is 12.8. The maximum Gasteiger partial charge on any atom is 0.0630 e. The van der Waals surface area contributed by atoms with Crippen LogP contribution in [0.3, 0.4) is 0 Å². The summed E-state index contributed by atoms with van der Waals surface area (Å²) in [5, 5.41) is 0. The average molecular weight is 606 g/mol. The monoisotopic (exact) mass is 605 g/mol. The predicted octanol–water partition coefficient (Wildman–Crippen LogP) is 12.1. The molecule has 12 atom stereocenters. The zero-order valence-corrected chi connectivity index (χ0v) is 30.3. The fraction of sp³-hybridized carbons (Fsp3) is 0.659. The number of rotatable bonds is 11. The van der Waals surface area contributed by atoms with Gasteiger partial charge in [-0.25, -0.2) is 0 Å². The number of allylic oxidation sites excluding steroid dienone is 8. The van der Waals surface area contributed by atoms with E-state index in [9.17, 15) is 0 Å². The highest BCUT2D eigenvalue weighted by molar-refractivity contribution is 5.80. The zero-order valence-electron chi connectivity index (χ0n) is 30.3. The highest BCUT2D eigenvalue weighted by Gasteiger charge is 2.94. The molecule has 12 unspecified atom stereocenters. The van der Waals surface area contributed by atoms with Crippen molar-refractivity contribution in [3.8, 4) is 0 Å². The molecule has 1 nitrogen and oxygen atoms in total. The molecule has 0 amide bonds. The Balaban J connectivity index is 1.23. The number of aliphatic imine (C=N–C) groups is 1. The van der Waals surface area contributed by atoms with Gasteiger partial charge < -0.3 is 0 Å².